The van der Waals surface area contributed by atoms with Crippen molar-refractivity contribution in [1.29, 1.82) is 0 Å². The lowest BCUT2D eigenvalue weighted by Crippen LogP contribution is -2.22. The summed E-state index contributed by atoms with van der Waals surface area (Å²) in [4.78, 5) is 11.5. The fourth-order valence-electron chi connectivity index (χ4n) is 1.54. The van der Waals surface area contributed by atoms with Gasteiger partial charge in [0.1, 0.15) is 0 Å². The Morgan fingerprint density at radius 1 is 1.39 bits per heavy atom. The molecule has 0 heterocycles. The first-order valence-corrected chi connectivity index (χ1v) is 7.39. The first kappa shape index (κ1) is 14.9. The highest BCUT2D eigenvalue weighted by atomic mass is 32.2. The van der Waals surface area contributed by atoms with Gasteiger partial charge in [0.2, 0.25) is 0 Å². The normalized spacial score (nSPS) is 12.1. The molecule has 1 atom stereocenters. The number of carbonyl (C=O) groups is 1. The molecular formula is C13H19NO3S. The van der Waals surface area contributed by atoms with Gasteiger partial charge in [-0.3, -0.25) is 4.21 Å². The Kier molecular flexibility index (Phi) is 6.60. The highest BCUT2D eigenvalue weighted by Crippen LogP contribution is 2.09. The largest absolute Gasteiger partial charge is 0.465 e. The molecule has 1 unspecified atom stereocenters. The summed E-state index contributed by atoms with van der Waals surface area (Å²) >= 11 is 0. The number of hydrogen-bond acceptors (Lipinski definition) is 4. The van der Waals surface area contributed by atoms with E-state index in [9.17, 15) is 9.00 Å². The van der Waals surface area contributed by atoms with Crippen LogP contribution in [0, 0.1) is 0 Å². The molecule has 0 aliphatic heterocycles. The Bertz CT molecular complexity index is 420. The third-order valence-electron chi connectivity index (χ3n) is 2.57. The van der Waals surface area contributed by atoms with E-state index in [1.165, 1.54) is 7.11 Å². The van der Waals surface area contributed by atoms with E-state index < -0.39 is 10.8 Å². The first-order valence-electron chi connectivity index (χ1n) is 5.91. The monoisotopic (exact) mass is 269 g/mol. The fraction of sp³-hybridized carbons (Fsp3) is 0.462. The van der Waals surface area contributed by atoms with Gasteiger partial charge in [-0.1, -0.05) is 25.1 Å². The van der Waals surface area contributed by atoms with E-state index in [-0.39, 0.29) is 5.97 Å². The number of rotatable bonds is 7. The minimum atomic E-state index is -0.755. The Morgan fingerprint density at radius 3 is 2.78 bits per heavy atom. The summed E-state index contributed by atoms with van der Waals surface area (Å²) in [5.41, 5.74) is 1.47. The maximum absolute atomic E-state index is 11.5. The van der Waals surface area contributed by atoms with Gasteiger partial charge >= 0.3 is 5.97 Å². The van der Waals surface area contributed by atoms with Crippen molar-refractivity contribution in [2.45, 2.75) is 13.5 Å². The van der Waals surface area contributed by atoms with Crippen molar-refractivity contribution in [2.24, 2.45) is 0 Å². The molecule has 0 aliphatic carbocycles. The highest BCUT2D eigenvalue weighted by Gasteiger charge is 2.10. The molecule has 0 saturated heterocycles. The molecule has 5 heteroatoms. The topological polar surface area (TPSA) is 55.4 Å². The predicted molar refractivity (Wildman–Crippen MR) is 73.0 cm³/mol. The van der Waals surface area contributed by atoms with Crippen molar-refractivity contribution in [3.63, 3.8) is 0 Å². The van der Waals surface area contributed by atoms with E-state index in [1.807, 2.05) is 25.1 Å². The third kappa shape index (κ3) is 4.58. The lowest BCUT2D eigenvalue weighted by Gasteiger charge is -2.08. The molecule has 0 fully saturated rings. The van der Waals surface area contributed by atoms with E-state index in [0.717, 1.165) is 5.56 Å². The second-order valence-electron chi connectivity index (χ2n) is 3.76. The Balaban J connectivity index is 2.51. The predicted octanol–water partition coefficient (Wildman–Crippen LogP) is 1.33. The lowest BCUT2D eigenvalue weighted by molar-refractivity contribution is 0.0599. The van der Waals surface area contributed by atoms with Crippen LogP contribution in [0.15, 0.2) is 24.3 Å². The molecule has 0 amide bonds. The van der Waals surface area contributed by atoms with Gasteiger partial charge in [-0.25, -0.2) is 4.79 Å². The first-order chi connectivity index (χ1) is 8.69. The molecule has 18 heavy (non-hydrogen) atoms. The van der Waals surface area contributed by atoms with Crippen LogP contribution >= 0.6 is 0 Å². The average molecular weight is 269 g/mol. The quantitative estimate of drug-likeness (QED) is 0.599. The number of benzene rings is 1. The van der Waals surface area contributed by atoms with Crippen LogP contribution in [-0.4, -0.2) is 35.3 Å². The van der Waals surface area contributed by atoms with Crippen LogP contribution in [0.25, 0.3) is 0 Å². The molecule has 4 nitrogen and oxygen atoms in total. The van der Waals surface area contributed by atoms with Crippen LogP contribution in [0.1, 0.15) is 22.8 Å². The van der Waals surface area contributed by atoms with E-state index in [2.05, 4.69) is 5.32 Å². The van der Waals surface area contributed by atoms with Crippen LogP contribution in [0.5, 0.6) is 0 Å². The van der Waals surface area contributed by atoms with Gasteiger partial charge in [0.15, 0.2) is 0 Å². The standard InChI is InChI=1S/C13H19NO3S/c1-3-18(16)9-8-14-10-11-6-4-5-7-12(11)13(15)17-2/h4-7,14H,3,8-10H2,1-2H3. The minimum Gasteiger partial charge on any atom is -0.465 e. The number of hydrogen-bond donors (Lipinski definition) is 1. The molecule has 0 saturated carbocycles. The molecule has 1 rings (SSSR count). The smallest absolute Gasteiger partial charge is 0.338 e. The summed E-state index contributed by atoms with van der Waals surface area (Å²) in [6.45, 7) is 3.16. The fourth-order valence-corrected chi connectivity index (χ4v) is 2.20. The third-order valence-corrected chi connectivity index (χ3v) is 3.87. The highest BCUT2D eigenvalue weighted by molar-refractivity contribution is 7.84. The maximum atomic E-state index is 11.5. The molecular weight excluding hydrogens is 250 g/mol. The van der Waals surface area contributed by atoms with Crippen molar-refractivity contribution in [3.05, 3.63) is 35.4 Å². The van der Waals surface area contributed by atoms with Crippen molar-refractivity contribution >= 4 is 16.8 Å². The van der Waals surface area contributed by atoms with Gasteiger partial charge in [-0.2, -0.15) is 0 Å². The van der Waals surface area contributed by atoms with Gasteiger partial charge in [0, 0.05) is 35.4 Å². The maximum Gasteiger partial charge on any atom is 0.338 e. The summed E-state index contributed by atoms with van der Waals surface area (Å²) in [7, 11) is 0.617. The minimum absolute atomic E-state index is 0.329. The molecule has 0 radical (unpaired) electrons. The van der Waals surface area contributed by atoms with E-state index in [1.54, 1.807) is 6.07 Å². The summed E-state index contributed by atoms with van der Waals surface area (Å²) < 4.78 is 16.0. The number of nitrogens with one attached hydrogen (secondary N) is 1. The van der Waals surface area contributed by atoms with Gasteiger partial charge in [-0.15, -0.1) is 0 Å². The zero-order chi connectivity index (χ0) is 13.4. The summed E-state index contributed by atoms with van der Waals surface area (Å²) in [6.07, 6.45) is 0. The summed E-state index contributed by atoms with van der Waals surface area (Å²) in [5, 5.41) is 3.19. The van der Waals surface area contributed by atoms with Crippen molar-refractivity contribution < 1.29 is 13.7 Å². The molecule has 0 spiro atoms. The van der Waals surface area contributed by atoms with Gasteiger partial charge in [0.25, 0.3) is 0 Å². The molecule has 0 aliphatic rings. The zero-order valence-electron chi connectivity index (χ0n) is 10.8. The molecule has 1 N–H and O–H groups in total. The van der Waals surface area contributed by atoms with Gasteiger partial charge < -0.3 is 10.1 Å². The van der Waals surface area contributed by atoms with Crippen molar-refractivity contribution in [3.8, 4) is 0 Å². The molecule has 1 aromatic carbocycles. The lowest BCUT2D eigenvalue weighted by atomic mass is 10.1. The van der Waals surface area contributed by atoms with Gasteiger partial charge in [-0.05, 0) is 11.6 Å². The zero-order valence-corrected chi connectivity index (χ0v) is 11.6. The molecule has 0 bridgehead atoms. The molecule has 0 aromatic heterocycles. The van der Waals surface area contributed by atoms with Crippen LogP contribution < -0.4 is 5.32 Å². The van der Waals surface area contributed by atoms with Gasteiger partial charge in [0.05, 0.1) is 12.7 Å². The second-order valence-corrected chi connectivity index (χ2v) is 5.62. The molecule has 1 aromatic rings. The van der Waals surface area contributed by atoms with E-state index >= 15 is 0 Å². The van der Waals surface area contributed by atoms with E-state index in [0.29, 0.717) is 30.2 Å². The number of methoxy groups -OCH3 is 1. The van der Waals surface area contributed by atoms with Crippen LogP contribution in [0.2, 0.25) is 0 Å². The van der Waals surface area contributed by atoms with E-state index in [4.69, 9.17) is 4.74 Å². The molecule has 100 valence electrons. The van der Waals surface area contributed by atoms with Crippen LogP contribution in [0.3, 0.4) is 0 Å². The van der Waals surface area contributed by atoms with Crippen molar-refractivity contribution in [1.82, 2.24) is 5.32 Å². The Labute approximate surface area is 110 Å². The number of esters is 1. The Morgan fingerprint density at radius 2 is 2.11 bits per heavy atom. The Hall–Kier alpha value is -1.20. The van der Waals surface area contributed by atoms with Crippen molar-refractivity contribution in [2.75, 3.05) is 25.2 Å². The summed E-state index contributed by atoms with van der Waals surface area (Å²) in [5.74, 6) is 0.988. The van der Waals surface area contributed by atoms with Crippen LogP contribution in [0.4, 0.5) is 0 Å². The average Bonchev–Trinajstić information content (AvgIpc) is 2.42. The second kappa shape index (κ2) is 8.00. The number of ether oxygens (including phenoxy) is 1. The SMILES string of the molecule is CCS(=O)CCNCc1ccccc1C(=O)OC. The van der Waals surface area contributed by atoms with Crippen LogP contribution in [-0.2, 0) is 22.1 Å². The number of carbonyl (C=O) groups excluding carboxylic acids is 1. The summed E-state index contributed by atoms with van der Waals surface area (Å²) in [6, 6.07) is 7.32.